The van der Waals surface area contributed by atoms with Crippen molar-refractivity contribution in [1.82, 2.24) is 0 Å². The van der Waals surface area contributed by atoms with Crippen molar-refractivity contribution in [3.63, 3.8) is 0 Å². The molecule has 1 rings (SSSR count). The molecule has 0 saturated heterocycles. The van der Waals surface area contributed by atoms with E-state index in [0.717, 1.165) is 12.7 Å². The zero-order valence-corrected chi connectivity index (χ0v) is 4.18. The third-order valence-corrected chi connectivity index (χ3v) is 1.31. The number of allylic oxidation sites excluding steroid dienone is 1. The van der Waals surface area contributed by atoms with E-state index in [0.29, 0.717) is 12.3 Å². The van der Waals surface area contributed by atoms with Crippen LogP contribution < -0.4 is 0 Å². The fourth-order valence-electron chi connectivity index (χ4n) is 0.624. The van der Waals surface area contributed by atoms with Gasteiger partial charge in [-0.05, 0) is 12.3 Å². The number of carbonyl (C=O) groups is 1. The normalized spacial score (nSPS) is 27.4. The maximum atomic E-state index is 9.76. The summed E-state index contributed by atoms with van der Waals surface area (Å²) >= 11 is 0. The van der Waals surface area contributed by atoms with Gasteiger partial charge in [0.1, 0.15) is 6.29 Å². The lowest BCUT2D eigenvalue weighted by Crippen LogP contribution is -1.73. The van der Waals surface area contributed by atoms with E-state index in [2.05, 4.69) is 6.58 Å². The summed E-state index contributed by atoms with van der Waals surface area (Å²) in [5.41, 5.74) is 1.24. The Balaban J connectivity index is 2.20. The SMILES string of the molecule is C=C1CC1CC=O. The molecule has 0 aliphatic heterocycles. The van der Waals surface area contributed by atoms with Crippen LogP contribution in [0.25, 0.3) is 0 Å². The quantitative estimate of drug-likeness (QED) is 0.372. The van der Waals surface area contributed by atoms with Gasteiger partial charge in [0, 0.05) is 6.42 Å². The Morgan fingerprint density at radius 2 is 2.57 bits per heavy atom. The smallest absolute Gasteiger partial charge is 0.120 e. The van der Waals surface area contributed by atoms with Crippen LogP contribution in [-0.2, 0) is 4.79 Å². The van der Waals surface area contributed by atoms with Crippen LogP contribution in [0.5, 0.6) is 0 Å². The summed E-state index contributed by atoms with van der Waals surface area (Å²) in [6.07, 6.45) is 2.74. The highest BCUT2D eigenvalue weighted by Crippen LogP contribution is 2.37. The van der Waals surface area contributed by atoms with Gasteiger partial charge in [0.05, 0.1) is 0 Å². The fourth-order valence-corrected chi connectivity index (χ4v) is 0.624. The summed E-state index contributed by atoms with van der Waals surface area (Å²) in [5, 5.41) is 0. The first-order valence-electron chi connectivity index (χ1n) is 2.46. The lowest BCUT2D eigenvalue weighted by molar-refractivity contribution is -0.108. The van der Waals surface area contributed by atoms with Crippen molar-refractivity contribution in [3.05, 3.63) is 12.2 Å². The summed E-state index contributed by atoms with van der Waals surface area (Å²) in [5.74, 6) is 0.553. The zero-order chi connectivity index (χ0) is 5.28. The van der Waals surface area contributed by atoms with E-state index >= 15 is 0 Å². The molecule has 1 atom stereocenters. The molecule has 38 valence electrons. The van der Waals surface area contributed by atoms with Gasteiger partial charge in [-0.25, -0.2) is 0 Å². The minimum absolute atomic E-state index is 0.553. The van der Waals surface area contributed by atoms with E-state index in [-0.39, 0.29) is 0 Å². The summed E-state index contributed by atoms with van der Waals surface area (Å²) in [6, 6.07) is 0. The Morgan fingerprint density at radius 3 is 2.71 bits per heavy atom. The maximum Gasteiger partial charge on any atom is 0.120 e. The Hall–Kier alpha value is -0.590. The first kappa shape index (κ1) is 4.57. The van der Waals surface area contributed by atoms with Gasteiger partial charge >= 0.3 is 0 Å². The number of carbonyl (C=O) groups excluding carboxylic acids is 1. The van der Waals surface area contributed by atoms with Gasteiger partial charge in [0.2, 0.25) is 0 Å². The molecule has 0 heterocycles. The standard InChI is InChI=1S/C6H8O/c1-5-4-6(5)2-3-7/h3,6H,1-2,4H2. The molecule has 1 aliphatic rings. The average Bonchev–Trinajstić information content (AvgIpc) is 2.22. The second-order valence-corrected chi connectivity index (χ2v) is 1.96. The minimum atomic E-state index is 0.553. The molecule has 0 bridgehead atoms. The van der Waals surface area contributed by atoms with E-state index < -0.39 is 0 Å². The molecule has 0 radical (unpaired) electrons. The second kappa shape index (κ2) is 1.49. The highest BCUT2D eigenvalue weighted by Gasteiger charge is 2.25. The van der Waals surface area contributed by atoms with Gasteiger partial charge < -0.3 is 4.79 Å². The Kier molecular flexibility index (Phi) is 0.970. The number of aldehydes is 1. The number of rotatable bonds is 2. The van der Waals surface area contributed by atoms with Crippen molar-refractivity contribution in [1.29, 1.82) is 0 Å². The Morgan fingerprint density at radius 1 is 2.00 bits per heavy atom. The van der Waals surface area contributed by atoms with Gasteiger partial charge in [-0.2, -0.15) is 0 Å². The van der Waals surface area contributed by atoms with Gasteiger partial charge in [0.15, 0.2) is 0 Å². The average molecular weight is 96.1 g/mol. The maximum absolute atomic E-state index is 9.76. The molecule has 0 N–H and O–H groups in total. The second-order valence-electron chi connectivity index (χ2n) is 1.96. The topological polar surface area (TPSA) is 17.1 Å². The first-order chi connectivity index (χ1) is 3.34. The molecular weight excluding hydrogens is 88.1 g/mol. The highest BCUT2D eigenvalue weighted by molar-refractivity contribution is 5.52. The van der Waals surface area contributed by atoms with Crippen LogP contribution in [0.3, 0.4) is 0 Å². The van der Waals surface area contributed by atoms with E-state index in [4.69, 9.17) is 0 Å². The summed E-state index contributed by atoms with van der Waals surface area (Å²) in [7, 11) is 0. The summed E-state index contributed by atoms with van der Waals surface area (Å²) in [4.78, 5) is 9.76. The molecule has 0 spiro atoms. The van der Waals surface area contributed by atoms with E-state index in [1.54, 1.807) is 0 Å². The van der Waals surface area contributed by atoms with Crippen LogP contribution in [0.1, 0.15) is 12.8 Å². The first-order valence-corrected chi connectivity index (χ1v) is 2.46. The van der Waals surface area contributed by atoms with Crippen molar-refractivity contribution in [3.8, 4) is 0 Å². The zero-order valence-electron chi connectivity index (χ0n) is 4.18. The molecule has 0 amide bonds. The van der Waals surface area contributed by atoms with Gasteiger partial charge in [-0.1, -0.05) is 12.2 Å². The molecule has 1 nitrogen and oxygen atoms in total. The minimum Gasteiger partial charge on any atom is -0.303 e. The Labute approximate surface area is 43.0 Å². The molecule has 1 fully saturated rings. The van der Waals surface area contributed by atoms with Gasteiger partial charge in [-0.3, -0.25) is 0 Å². The van der Waals surface area contributed by atoms with Crippen molar-refractivity contribution < 1.29 is 4.79 Å². The molecular formula is C6H8O. The van der Waals surface area contributed by atoms with Crippen LogP contribution in [0.15, 0.2) is 12.2 Å². The molecule has 0 aromatic carbocycles. The van der Waals surface area contributed by atoms with Crippen molar-refractivity contribution in [2.75, 3.05) is 0 Å². The van der Waals surface area contributed by atoms with Crippen molar-refractivity contribution in [2.24, 2.45) is 5.92 Å². The van der Waals surface area contributed by atoms with E-state index in [1.165, 1.54) is 5.57 Å². The molecule has 7 heavy (non-hydrogen) atoms. The lowest BCUT2D eigenvalue weighted by atomic mass is 10.3. The largest absolute Gasteiger partial charge is 0.303 e. The van der Waals surface area contributed by atoms with Crippen LogP contribution in [0.2, 0.25) is 0 Å². The van der Waals surface area contributed by atoms with Crippen molar-refractivity contribution in [2.45, 2.75) is 12.8 Å². The third kappa shape index (κ3) is 0.889. The predicted octanol–water partition coefficient (Wildman–Crippen LogP) is 1.15. The van der Waals surface area contributed by atoms with Gasteiger partial charge in [0.25, 0.3) is 0 Å². The number of hydrogen-bond donors (Lipinski definition) is 0. The summed E-state index contributed by atoms with van der Waals surface area (Å²) < 4.78 is 0. The van der Waals surface area contributed by atoms with Crippen LogP contribution in [-0.4, -0.2) is 6.29 Å². The van der Waals surface area contributed by atoms with E-state index in [1.807, 2.05) is 0 Å². The monoisotopic (exact) mass is 96.1 g/mol. The van der Waals surface area contributed by atoms with Crippen LogP contribution in [0.4, 0.5) is 0 Å². The predicted molar refractivity (Wildman–Crippen MR) is 27.9 cm³/mol. The molecule has 1 saturated carbocycles. The van der Waals surface area contributed by atoms with E-state index in [9.17, 15) is 4.79 Å². The van der Waals surface area contributed by atoms with Crippen molar-refractivity contribution >= 4 is 6.29 Å². The lowest BCUT2D eigenvalue weighted by Gasteiger charge is -1.74. The molecule has 1 heteroatoms. The third-order valence-electron chi connectivity index (χ3n) is 1.31. The molecule has 0 aromatic heterocycles. The summed E-state index contributed by atoms with van der Waals surface area (Å²) in [6.45, 7) is 3.71. The molecule has 0 aromatic rings. The van der Waals surface area contributed by atoms with Gasteiger partial charge in [-0.15, -0.1) is 0 Å². The Bertz CT molecular complexity index is 105. The number of hydrogen-bond acceptors (Lipinski definition) is 1. The molecule has 1 aliphatic carbocycles. The highest BCUT2D eigenvalue weighted by atomic mass is 16.1. The van der Waals surface area contributed by atoms with Crippen LogP contribution in [0, 0.1) is 5.92 Å². The molecule has 1 unspecified atom stereocenters. The van der Waals surface area contributed by atoms with Crippen LogP contribution >= 0.6 is 0 Å². The fraction of sp³-hybridized carbons (Fsp3) is 0.500.